The number of benzene rings is 4. The average molecular weight is 1160 g/mol. The van der Waals surface area contributed by atoms with Crippen LogP contribution < -0.4 is 9.47 Å². The minimum Gasteiger partial charge on any atom is -0.482 e. The molecule has 0 fully saturated rings. The summed E-state index contributed by atoms with van der Waals surface area (Å²) in [5.74, 6) is -0.374. The van der Waals surface area contributed by atoms with Gasteiger partial charge in [0.05, 0.1) is 36.0 Å². The molecule has 0 spiro atoms. The number of ether oxygens (including phenoxy) is 4. The monoisotopic (exact) mass is 1150 g/mol. The number of nitrogens with one attached hydrogen (secondary N) is 2. The number of nitrogens with zero attached hydrogens (tertiary/aromatic N) is 2. The summed E-state index contributed by atoms with van der Waals surface area (Å²) in [5, 5.41) is 0. The third-order valence-corrected chi connectivity index (χ3v) is 16.1. The molecule has 10 heteroatoms. The highest BCUT2D eigenvalue weighted by molar-refractivity contribution is 6.00. The zero-order valence-corrected chi connectivity index (χ0v) is 54.7. The molecular weight excluding hydrogens is 1060 g/mol. The number of rotatable bonds is 12. The molecule has 2 N–H and O–H groups in total. The summed E-state index contributed by atoms with van der Waals surface area (Å²) in [5.41, 5.74) is 20.2. The van der Waals surface area contributed by atoms with Crippen molar-refractivity contribution < 1.29 is 28.5 Å². The predicted octanol–water partition coefficient (Wildman–Crippen LogP) is 19.0. The highest BCUT2D eigenvalue weighted by Gasteiger charge is 2.28. The molecule has 5 heterocycles. The van der Waals surface area contributed by atoms with Gasteiger partial charge in [-0.2, -0.15) is 0 Å². The summed E-state index contributed by atoms with van der Waals surface area (Å²) >= 11 is 0. The lowest BCUT2D eigenvalue weighted by Crippen LogP contribution is -2.16. The van der Waals surface area contributed by atoms with Crippen molar-refractivity contribution in [1.82, 2.24) is 19.9 Å². The van der Waals surface area contributed by atoms with Crippen LogP contribution in [0, 0.1) is 0 Å². The van der Waals surface area contributed by atoms with Gasteiger partial charge in [-0.15, -0.1) is 0 Å². The first-order chi connectivity index (χ1) is 40.1. The van der Waals surface area contributed by atoms with E-state index in [9.17, 15) is 9.59 Å². The van der Waals surface area contributed by atoms with Gasteiger partial charge in [0.15, 0.2) is 13.2 Å². The lowest BCUT2D eigenvalue weighted by atomic mass is 9.78. The van der Waals surface area contributed by atoms with Crippen LogP contribution in [0.4, 0.5) is 0 Å². The number of hydrogen-bond acceptors (Lipinski definition) is 8. The van der Waals surface area contributed by atoms with Gasteiger partial charge in [-0.3, -0.25) is 0 Å². The molecule has 86 heavy (non-hydrogen) atoms. The topological polar surface area (TPSA) is 128 Å². The number of aromatic amines is 2. The minimum absolute atomic E-state index is 0.148. The van der Waals surface area contributed by atoms with Crippen LogP contribution in [-0.4, -0.2) is 58.3 Å². The lowest BCUT2D eigenvalue weighted by molar-refractivity contribution is -0.146. The SMILES string of the molecule is CCOC(=O)COc1cc(OCC(=O)OCC)cc(-c2c3nc(c(-c4cc(C(C)(C)C)cc(C(C)(C)C)c4)c4ccc([nH]4)c(-c4cc(C(C)(C)C)cc(C(C)(C)C)c4)c4nc(c(-c5cc(C(C)(C)C)cc(C(C)(C)C)c5)c5ccc2[nH]5)C=C4)C=C3)c1. The molecule has 2 aliphatic rings. The second kappa shape index (κ2) is 23.4. The molecule has 2 aliphatic heterocycles. The molecular formula is C76H90N4O6. The van der Waals surface area contributed by atoms with Crippen LogP contribution in [0.3, 0.4) is 0 Å². The molecule has 9 rings (SSSR count). The maximum absolute atomic E-state index is 12.9. The molecule has 0 atom stereocenters. The largest absolute Gasteiger partial charge is 0.482 e. The second-order valence-corrected chi connectivity index (χ2v) is 29.3. The Labute approximate surface area is 510 Å². The summed E-state index contributed by atoms with van der Waals surface area (Å²) < 4.78 is 23.0. The number of aromatic nitrogens is 4. The summed E-state index contributed by atoms with van der Waals surface area (Å²) in [6.45, 7) is 44.2. The van der Waals surface area contributed by atoms with Crippen molar-refractivity contribution in [2.45, 2.75) is 171 Å². The zero-order chi connectivity index (χ0) is 62.6. The van der Waals surface area contributed by atoms with Gasteiger partial charge in [0.1, 0.15) is 11.5 Å². The maximum Gasteiger partial charge on any atom is 0.344 e. The van der Waals surface area contributed by atoms with Crippen LogP contribution in [0.2, 0.25) is 0 Å². The van der Waals surface area contributed by atoms with Crippen molar-refractivity contribution in [2.24, 2.45) is 0 Å². The van der Waals surface area contributed by atoms with Crippen molar-refractivity contribution in [2.75, 3.05) is 26.4 Å². The number of hydrogen-bond donors (Lipinski definition) is 2. The first-order valence-corrected chi connectivity index (χ1v) is 30.5. The Balaban J connectivity index is 1.51. The number of carbonyl (C=O) groups excluding carboxylic acids is 2. The number of esters is 2. The first kappa shape index (κ1) is 62.5. The highest BCUT2D eigenvalue weighted by atomic mass is 16.6. The molecule has 0 unspecified atom stereocenters. The Morgan fingerprint density at radius 2 is 0.581 bits per heavy atom. The molecule has 0 saturated carbocycles. The molecule has 3 aromatic heterocycles. The maximum atomic E-state index is 12.9. The summed E-state index contributed by atoms with van der Waals surface area (Å²) in [7, 11) is 0. The van der Waals surface area contributed by atoms with Gasteiger partial charge >= 0.3 is 11.9 Å². The van der Waals surface area contributed by atoms with Crippen LogP contribution in [0.5, 0.6) is 11.5 Å². The van der Waals surface area contributed by atoms with E-state index in [1.807, 2.05) is 12.1 Å². The number of H-pyrrole nitrogens is 2. The van der Waals surface area contributed by atoms with E-state index in [0.717, 1.165) is 78.1 Å². The van der Waals surface area contributed by atoms with E-state index < -0.39 is 11.9 Å². The molecule has 10 nitrogen and oxygen atoms in total. The third kappa shape index (κ3) is 13.8. The van der Waals surface area contributed by atoms with Gasteiger partial charge in [0.2, 0.25) is 0 Å². The number of carbonyl (C=O) groups is 2. The van der Waals surface area contributed by atoms with Crippen LogP contribution in [0.1, 0.15) is 195 Å². The molecule has 7 aromatic rings. The van der Waals surface area contributed by atoms with Gasteiger partial charge in [-0.25, -0.2) is 19.6 Å². The fourth-order valence-corrected chi connectivity index (χ4v) is 10.9. The second-order valence-electron chi connectivity index (χ2n) is 29.3. The number of fused-ring (bicyclic) bond motifs is 8. The van der Waals surface area contributed by atoms with E-state index >= 15 is 0 Å². The van der Waals surface area contributed by atoms with Crippen molar-refractivity contribution >= 4 is 58.3 Å². The van der Waals surface area contributed by atoms with E-state index in [0.29, 0.717) is 22.8 Å². The normalized spacial score (nSPS) is 13.1. The van der Waals surface area contributed by atoms with Crippen LogP contribution >= 0.6 is 0 Å². The highest BCUT2D eigenvalue weighted by Crippen LogP contribution is 2.44. The van der Waals surface area contributed by atoms with Crippen molar-refractivity contribution in [3.05, 3.63) is 153 Å². The van der Waals surface area contributed by atoms with E-state index in [4.69, 9.17) is 28.9 Å². The van der Waals surface area contributed by atoms with Gasteiger partial charge in [-0.1, -0.05) is 179 Å². The van der Waals surface area contributed by atoms with E-state index in [1.165, 1.54) is 33.4 Å². The fourth-order valence-electron chi connectivity index (χ4n) is 10.9. The standard InChI is InChI=1S/C76H90N4O6/c1-21-83-65(81)43-85-55-37-48(38-56(42-55)86-44-66(82)84-22-2)70-63-29-27-61(79-63)68(46-33-51(73(9,10)11)40-52(34-46)74(12,13)14)59-25-23-57(77-59)67(45-31-49(71(3,4)5)39-50(32-45)72(6,7)8)58-24-26-60(78-58)69(62-28-30-64(70)80-62)47-35-53(75(15,16)17)41-54(36-47)76(18,19)20/h23-42,77,80H,21-22,43-44H2,1-20H3. The Morgan fingerprint density at radius 1 is 0.349 bits per heavy atom. The Hall–Kier alpha value is -7.98. The van der Waals surface area contributed by atoms with Gasteiger partial charge < -0.3 is 28.9 Å². The molecule has 0 amide bonds. The zero-order valence-electron chi connectivity index (χ0n) is 54.7. The fraction of sp³-hybridized carbons (Fsp3) is 0.395. The molecule has 4 aromatic carbocycles. The Kier molecular flexibility index (Phi) is 17.0. The lowest BCUT2D eigenvalue weighted by Gasteiger charge is -2.26. The molecule has 450 valence electrons. The summed E-state index contributed by atoms with van der Waals surface area (Å²) in [6, 6.07) is 35.2. The Morgan fingerprint density at radius 3 is 0.802 bits per heavy atom. The van der Waals surface area contributed by atoms with Crippen molar-refractivity contribution in [1.29, 1.82) is 0 Å². The molecule has 0 aliphatic carbocycles. The predicted molar refractivity (Wildman–Crippen MR) is 357 cm³/mol. The molecule has 8 bridgehead atoms. The van der Waals surface area contributed by atoms with Crippen LogP contribution in [0.25, 0.3) is 90.9 Å². The van der Waals surface area contributed by atoms with Gasteiger partial charge in [-0.05, 0) is 163 Å². The van der Waals surface area contributed by atoms with Crippen molar-refractivity contribution in [3.8, 4) is 56.0 Å². The van der Waals surface area contributed by atoms with Crippen LogP contribution in [0.15, 0.2) is 97.1 Å². The van der Waals surface area contributed by atoms with E-state index in [-0.39, 0.29) is 58.9 Å². The molecule has 0 radical (unpaired) electrons. The quantitative estimate of drug-likeness (QED) is 0.116. The smallest absolute Gasteiger partial charge is 0.344 e. The third-order valence-electron chi connectivity index (χ3n) is 16.1. The van der Waals surface area contributed by atoms with Crippen molar-refractivity contribution in [3.63, 3.8) is 0 Å². The van der Waals surface area contributed by atoms with Crippen LogP contribution in [-0.2, 0) is 51.6 Å². The van der Waals surface area contributed by atoms with Gasteiger partial charge in [0, 0.05) is 50.4 Å². The Bertz CT molecular complexity index is 3800. The summed E-state index contributed by atoms with van der Waals surface area (Å²) in [4.78, 5) is 45.2. The van der Waals surface area contributed by atoms with Gasteiger partial charge in [0.25, 0.3) is 0 Å². The van der Waals surface area contributed by atoms with E-state index in [2.05, 4.69) is 238 Å². The average Bonchev–Trinajstić information content (AvgIpc) is 2.63. The minimum atomic E-state index is -0.517. The van der Waals surface area contributed by atoms with E-state index in [1.54, 1.807) is 19.9 Å². The molecule has 0 saturated heterocycles. The first-order valence-electron chi connectivity index (χ1n) is 30.5. The summed E-state index contributed by atoms with van der Waals surface area (Å²) in [6.07, 6.45) is 8.52.